The van der Waals surface area contributed by atoms with Gasteiger partial charge in [0, 0.05) is 26.9 Å². The summed E-state index contributed by atoms with van der Waals surface area (Å²) in [7, 11) is 0. The number of aryl methyl sites for hydroxylation is 1. The molecule has 30 heavy (non-hydrogen) atoms. The van der Waals surface area contributed by atoms with Crippen LogP contribution in [0.1, 0.15) is 38.8 Å². The Bertz CT molecular complexity index is 1030. The highest BCUT2D eigenvalue weighted by atomic mass is 35.5. The number of benzene rings is 3. The van der Waals surface area contributed by atoms with E-state index in [2.05, 4.69) is 0 Å². The summed E-state index contributed by atoms with van der Waals surface area (Å²) < 4.78 is 5.03. The van der Waals surface area contributed by atoms with E-state index in [1.165, 1.54) is 0 Å². The largest absolute Gasteiger partial charge is 0.462 e. The maximum absolute atomic E-state index is 13.4. The van der Waals surface area contributed by atoms with E-state index in [0.29, 0.717) is 39.0 Å². The highest BCUT2D eigenvalue weighted by Gasteiger charge is 2.21. The Balaban J connectivity index is 1.99. The second kappa shape index (κ2) is 9.79. The van der Waals surface area contributed by atoms with Gasteiger partial charge in [0.05, 0.1) is 18.7 Å². The molecule has 0 aliphatic rings. The lowest BCUT2D eigenvalue weighted by Crippen LogP contribution is -2.30. The highest BCUT2D eigenvalue weighted by Crippen LogP contribution is 2.29. The molecule has 0 unspecified atom stereocenters. The first-order chi connectivity index (χ1) is 14.4. The minimum Gasteiger partial charge on any atom is -0.462 e. The minimum atomic E-state index is -0.408. The van der Waals surface area contributed by atoms with E-state index in [-0.39, 0.29) is 12.5 Å². The fourth-order valence-corrected chi connectivity index (χ4v) is 3.48. The molecule has 154 valence electrons. The molecule has 3 rings (SSSR count). The van der Waals surface area contributed by atoms with E-state index < -0.39 is 5.97 Å². The number of anilines is 1. The summed E-state index contributed by atoms with van der Waals surface area (Å²) in [5, 5.41) is 0.958. The first kappa shape index (κ1) is 21.9. The van der Waals surface area contributed by atoms with Gasteiger partial charge in [-0.25, -0.2) is 4.79 Å². The number of esters is 1. The number of nitrogens with zero attached hydrogens (tertiary/aromatic N) is 1. The Morgan fingerprint density at radius 3 is 2.00 bits per heavy atom. The van der Waals surface area contributed by atoms with Gasteiger partial charge < -0.3 is 9.64 Å². The summed E-state index contributed by atoms with van der Waals surface area (Å²) in [4.78, 5) is 26.9. The van der Waals surface area contributed by atoms with Crippen LogP contribution in [0.2, 0.25) is 10.0 Å². The molecular weight excluding hydrogens is 421 g/mol. The fourth-order valence-electron chi connectivity index (χ4n) is 2.97. The second-order valence-electron chi connectivity index (χ2n) is 6.72. The molecule has 0 fully saturated rings. The predicted octanol–water partition coefficient (Wildman–Crippen LogP) is 6.33. The number of hydrogen-bond donors (Lipinski definition) is 0. The molecule has 0 saturated carbocycles. The van der Waals surface area contributed by atoms with Gasteiger partial charge in [-0.05, 0) is 62.4 Å². The lowest BCUT2D eigenvalue weighted by Gasteiger charge is -2.24. The van der Waals surface area contributed by atoms with Crippen molar-refractivity contribution in [2.75, 3.05) is 11.5 Å². The van der Waals surface area contributed by atoms with Crippen molar-refractivity contribution in [3.8, 4) is 0 Å². The summed E-state index contributed by atoms with van der Waals surface area (Å²) in [6.45, 7) is 4.19. The fraction of sp³-hybridized carbons (Fsp3) is 0.167. The summed E-state index contributed by atoms with van der Waals surface area (Å²) >= 11 is 12.7. The zero-order chi connectivity index (χ0) is 21.7. The average Bonchev–Trinajstić information content (AvgIpc) is 2.74. The monoisotopic (exact) mass is 441 g/mol. The molecule has 0 bridgehead atoms. The van der Waals surface area contributed by atoms with Gasteiger partial charge >= 0.3 is 5.97 Å². The molecular formula is C24H21Cl2NO3. The van der Waals surface area contributed by atoms with Crippen molar-refractivity contribution in [3.63, 3.8) is 0 Å². The SMILES string of the molecule is CCOC(=O)c1ccc(N(Cc2c(Cl)cccc2Cl)C(=O)c2ccc(C)cc2)cc1. The van der Waals surface area contributed by atoms with E-state index in [9.17, 15) is 9.59 Å². The van der Waals surface area contributed by atoms with Crippen LogP contribution in [0.4, 0.5) is 5.69 Å². The van der Waals surface area contributed by atoms with E-state index in [0.717, 1.165) is 5.56 Å². The maximum atomic E-state index is 13.4. The third-order valence-electron chi connectivity index (χ3n) is 4.61. The van der Waals surface area contributed by atoms with Crippen molar-refractivity contribution < 1.29 is 14.3 Å². The normalized spacial score (nSPS) is 10.5. The zero-order valence-corrected chi connectivity index (χ0v) is 18.2. The second-order valence-corrected chi connectivity index (χ2v) is 7.54. The van der Waals surface area contributed by atoms with E-state index in [1.807, 2.05) is 19.1 Å². The van der Waals surface area contributed by atoms with Gasteiger partial charge in [-0.1, -0.05) is 47.0 Å². The Morgan fingerprint density at radius 1 is 0.867 bits per heavy atom. The minimum absolute atomic E-state index is 0.184. The summed E-state index contributed by atoms with van der Waals surface area (Å²) in [6, 6.07) is 19.3. The Morgan fingerprint density at radius 2 is 1.43 bits per heavy atom. The van der Waals surface area contributed by atoms with Crippen LogP contribution in [0.3, 0.4) is 0 Å². The summed E-state index contributed by atoms with van der Waals surface area (Å²) in [6.07, 6.45) is 0. The lowest BCUT2D eigenvalue weighted by atomic mass is 10.1. The highest BCUT2D eigenvalue weighted by molar-refractivity contribution is 6.36. The molecule has 0 aliphatic carbocycles. The molecule has 6 heteroatoms. The molecule has 0 atom stereocenters. The van der Waals surface area contributed by atoms with Gasteiger partial charge in [0.15, 0.2) is 0 Å². The van der Waals surface area contributed by atoms with Gasteiger partial charge in [-0.3, -0.25) is 4.79 Å². The first-order valence-electron chi connectivity index (χ1n) is 9.49. The van der Waals surface area contributed by atoms with E-state index >= 15 is 0 Å². The van der Waals surface area contributed by atoms with Crippen molar-refractivity contribution in [3.05, 3.63) is 99.0 Å². The zero-order valence-electron chi connectivity index (χ0n) is 16.7. The molecule has 3 aromatic carbocycles. The van der Waals surface area contributed by atoms with Crippen LogP contribution in [-0.4, -0.2) is 18.5 Å². The summed E-state index contributed by atoms with van der Waals surface area (Å²) in [5.74, 6) is -0.607. The van der Waals surface area contributed by atoms with Gasteiger partial charge in [-0.2, -0.15) is 0 Å². The van der Waals surface area contributed by atoms with Crippen molar-refractivity contribution in [1.29, 1.82) is 0 Å². The number of amides is 1. The molecule has 0 aliphatic heterocycles. The van der Waals surface area contributed by atoms with Gasteiger partial charge in [-0.15, -0.1) is 0 Å². The van der Waals surface area contributed by atoms with Crippen LogP contribution in [0, 0.1) is 6.92 Å². The molecule has 1 amide bonds. The van der Waals surface area contributed by atoms with Crippen LogP contribution in [0.5, 0.6) is 0 Å². The number of rotatable bonds is 6. The number of carbonyl (C=O) groups is 2. The van der Waals surface area contributed by atoms with Gasteiger partial charge in [0.2, 0.25) is 0 Å². The molecule has 4 nitrogen and oxygen atoms in total. The molecule has 0 aromatic heterocycles. The van der Waals surface area contributed by atoms with Crippen LogP contribution < -0.4 is 4.90 Å². The van der Waals surface area contributed by atoms with Crippen molar-refractivity contribution in [2.24, 2.45) is 0 Å². The van der Waals surface area contributed by atoms with Crippen molar-refractivity contribution in [1.82, 2.24) is 0 Å². The number of hydrogen-bond acceptors (Lipinski definition) is 3. The number of carbonyl (C=O) groups excluding carboxylic acids is 2. The van der Waals surface area contributed by atoms with Crippen LogP contribution >= 0.6 is 23.2 Å². The number of ether oxygens (including phenoxy) is 1. The smallest absolute Gasteiger partial charge is 0.338 e. The predicted molar refractivity (Wildman–Crippen MR) is 121 cm³/mol. The van der Waals surface area contributed by atoms with Crippen LogP contribution in [0.25, 0.3) is 0 Å². The van der Waals surface area contributed by atoms with Crippen LogP contribution in [-0.2, 0) is 11.3 Å². The topological polar surface area (TPSA) is 46.6 Å². The van der Waals surface area contributed by atoms with Gasteiger partial charge in [0.1, 0.15) is 0 Å². The third kappa shape index (κ3) is 5.02. The first-order valence-corrected chi connectivity index (χ1v) is 10.2. The standard InChI is InChI=1S/C24H21Cl2NO3/c1-3-30-24(29)18-11-13-19(14-12-18)27(15-20-21(25)5-4-6-22(20)26)23(28)17-9-7-16(2)8-10-17/h4-14H,3,15H2,1-2H3. The quantitative estimate of drug-likeness (QED) is 0.420. The Hall–Kier alpha value is -2.82. The van der Waals surface area contributed by atoms with Crippen molar-refractivity contribution in [2.45, 2.75) is 20.4 Å². The Labute approximate surface area is 186 Å². The molecule has 0 spiro atoms. The lowest BCUT2D eigenvalue weighted by molar-refractivity contribution is 0.0526. The maximum Gasteiger partial charge on any atom is 0.338 e. The molecule has 3 aromatic rings. The average molecular weight is 442 g/mol. The van der Waals surface area contributed by atoms with E-state index in [4.69, 9.17) is 27.9 Å². The molecule has 0 saturated heterocycles. The number of halogens is 2. The molecule has 0 radical (unpaired) electrons. The van der Waals surface area contributed by atoms with Crippen molar-refractivity contribution >= 4 is 40.8 Å². The van der Waals surface area contributed by atoms with Gasteiger partial charge in [0.25, 0.3) is 5.91 Å². The Kier molecular flexibility index (Phi) is 7.14. The van der Waals surface area contributed by atoms with E-state index in [1.54, 1.807) is 66.4 Å². The molecule has 0 heterocycles. The molecule has 0 N–H and O–H groups in total. The summed E-state index contributed by atoms with van der Waals surface area (Å²) in [5.41, 5.74) is 3.28. The van der Waals surface area contributed by atoms with Crippen LogP contribution in [0.15, 0.2) is 66.7 Å². The third-order valence-corrected chi connectivity index (χ3v) is 5.32.